The van der Waals surface area contributed by atoms with Crippen molar-refractivity contribution in [3.8, 4) is 0 Å². The van der Waals surface area contributed by atoms with Gasteiger partial charge < -0.3 is 15.8 Å². The van der Waals surface area contributed by atoms with Crippen LogP contribution in [0.5, 0.6) is 0 Å². The first kappa shape index (κ1) is 12.2. The van der Waals surface area contributed by atoms with Crippen LogP contribution < -0.4 is 10.6 Å². The van der Waals surface area contributed by atoms with Crippen LogP contribution in [0.1, 0.15) is 18.4 Å². The molecule has 0 atom stereocenters. The van der Waals surface area contributed by atoms with Gasteiger partial charge in [0.2, 0.25) is 0 Å². The van der Waals surface area contributed by atoms with Crippen molar-refractivity contribution in [3.63, 3.8) is 0 Å². The molecule has 1 saturated heterocycles. The van der Waals surface area contributed by atoms with Crippen LogP contribution in [0.25, 0.3) is 0 Å². The summed E-state index contributed by atoms with van der Waals surface area (Å²) in [6.45, 7) is 3.88. The number of amidine groups is 1. The van der Waals surface area contributed by atoms with Gasteiger partial charge in [0, 0.05) is 32.2 Å². The topological polar surface area (TPSA) is 90.9 Å². The van der Waals surface area contributed by atoms with Gasteiger partial charge in [-0.05, 0) is 18.9 Å². The van der Waals surface area contributed by atoms with E-state index in [1.807, 2.05) is 0 Å². The molecule has 1 aromatic heterocycles. The van der Waals surface area contributed by atoms with Gasteiger partial charge in [0.15, 0.2) is 11.7 Å². The number of piperazine rings is 1. The molecular formula is C12H18N6O. The van der Waals surface area contributed by atoms with E-state index in [0.29, 0.717) is 11.4 Å². The normalized spacial score (nSPS) is 21.7. The molecule has 0 unspecified atom stereocenters. The van der Waals surface area contributed by atoms with Crippen molar-refractivity contribution < 1.29 is 5.21 Å². The lowest BCUT2D eigenvalue weighted by Crippen LogP contribution is -2.48. The molecule has 7 heteroatoms. The van der Waals surface area contributed by atoms with Gasteiger partial charge in [0.05, 0.1) is 11.8 Å². The highest BCUT2D eigenvalue weighted by Gasteiger charge is 2.32. The number of nitrogens with two attached hydrogens (primary N) is 1. The van der Waals surface area contributed by atoms with Crippen LogP contribution >= 0.6 is 0 Å². The highest BCUT2D eigenvalue weighted by Crippen LogP contribution is 2.28. The Hall–Kier alpha value is -1.89. The molecule has 2 aliphatic rings. The summed E-state index contributed by atoms with van der Waals surface area (Å²) in [5, 5.41) is 19.9. The number of oxime groups is 1. The van der Waals surface area contributed by atoms with Crippen LogP contribution in [0.15, 0.2) is 17.4 Å². The first-order valence-corrected chi connectivity index (χ1v) is 6.58. The quantitative estimate of drug-likeness (QED) is 0.341. The van der Waals surface area contributed by atoms with Gasteiger partial charge in [0.1, 0.15) is 0 Å². The van der Waals surface area contributed by atoms with E-state index < -0.39 is 0 Å². The van der Waals surface area contributed by atoms with Crippen LogP contribution in [0.2, 0.25) is 0 Å². The van der Waals surface area contributed by atoms with Gasteiger partial charge in [-0.1, -0.05) is 5.16 Å². The SMILES string of the molecule is N/C(=N/O)c1ccnnc1N1CCN(C2CC2)CC1. The molecule has 0 amide bonds. The van der Waals surface area contributed by atoms with E-state index in [1.165, 1.54) is 12.8 Å². The fourth-order valence-electron chi connectivity index (χ4n) is 2.55. The van der Waals surface area contributed by atoms with E-state index in [1.54, 1.807) is 12.3 Å². The zero-order valence-electron chi connectivity index (χ0n) is 10.7. The molecule has 0 radical (unpaired) electrons. The second-order valence-electron chi connectivity index (χ2n) is 5.01. The molecule has 1 aliphatic carbocycles. The number of aromatic nitrogens is 2. The van der Waals surface area contributed by atoms with Gasteiger partial charge in [0.25, 0.3) is 0 Å². The molecule has 102 valence electrons. The molecule has 7 nitrogen and oxygen atoms in total. The third-order valence-corrected chi connectivity index (χ3v) is 3.76. The Balaban J connectivity index is 1.75. The highest BCUT2D eigenvalue weighted by atomic mass is 16.4. The van der Waals surface area contributed by atoms with Gasteiger partial charge in [-0.2, -0.15) is 5.10 Å². The van der Waals surface area contributed by atoms with E-state index in [4.69, 9.17) is 10.9 Å². The Bertz CT molecular complexity index is 479. The number of nitrogens with zero attached hydrogens (tertiary/aromatic N) is 5. The minimum Gasteiger partial charge on any atom is -0.409 e. The summed E-state index contributed by atoms with van der Waals surface area (Å²) in [6.07, 6.45) is 4.22. The van der Waals surface area contributed by atoms with E-state index in [0.717, 1.165) is 32.2 Å². The van der Waals surface area contributed by atoms with Crippen LogP contribution in [0.3, 0.4) is 0 Å². The van der Waals surface area contributed by atoms with Crippen molar-refractivity contribution in [1.82, 2.24) is 15.1 Å². The van der Waals surface area contributed by atoms with Gasteiger partial charge in [-0.25, -0.2) is 0 Å². The largest absolute Gasteiger partial charge is 0.409 e. The molecule has 0 aromatic carbocycles. The van der Waals surface area contributed by atoms with E-state index in [2.05, 4.69) is 25.2 Å². The molecule has 0 spiro atoms. The molecule has 0 bridgehead atoms. The summed E-state index contributed by atoms with van der Waals surface area (Å²) in [6, 6.07) is 2.53. The summed E-state index contributed by atoms with van der Waals surface area (Å²) < 4.78 is 0. The molecule has 3 rings (SSSR count). The summed E-state index contributed by atoms with van der Waals surface area (Å²) in [5.41, 5.74) is 6.32. The molecule has 1 saturated carbocycles. The van der Waals surface area contributed by atoms with Crippen molar-refractivity contribution in [1.29, 1.82) is 0 Å². The zero-order chi connectivity index (χ0) is 13.2. The fraction of sp³-hybridized carbons (Fsp3) is 0.583. The summed E-state index contributed by atoms with van der Waals surface area (Å²) in [4.78, 5) is 4.68. The van der Waals surface area contributed by atoms with Gasteiger partial charge >= 0.3 is 0 Å². The minimum atomic E-state index is 0.0783. The van der Waals surface area contributed by atoms with Crippen molar-refractivity contribution >= 4 is 11.7 Å². The Morgan fingerprint density at radius 3 is 2.68 bits per heavy atom. The third-order valence-electron chi connectivity index (χ3n) is 3.76. The van der Waals surface area contributed by atoms with E-state index in [9.17, 15) is 0 Å². The number of rotatable bonds is 3. The first-order chi connectivity index (χ1) is 9.29. The lowest BCUT2D eigenvalue weighted by Gasteiger charge is -2.35. The maximum atomic E-state index is 8.82. The Kier molecular flexibility index (Phi) is 3.20. The maximum absolute atomic E-state index is 8.82. The summed E-state index contributed by atoms with van der Waals surface area (Å²) in [5.74, 6) is 0.780. The van der Waals surface area contributed by atoms with Crippen molar-refractivity contribution in [2.45, 2.75) is 18.9 Å². The molecule has 19 heavy (non-hydrogen) atoms. The average Bonchev–Trinajstić information content (AvgIpc) is 3.31. The molecule has 3 N–H and O–H groups in total. The lowest BCUT2D eigenvalue weighted by molar-refractivity contribution is 0.247. The third kappa shape index (κ3) is 2.46. The predicted molar refractivity (Wildman–Crippen MR) is 71.4 cm³/mol. The van der Waals surface area contributed by atoms with Crippen molar-refractivity contribution in [3.05, 3.63) is 17.8 Å². The summed E-state index contributed by atoms with van der Waals surface area (Å²) >= 11 is 0. The molecule has 1 aliphatic heterocycles. The van der Waals surface area contributed by atoms with Crippen LogP contribution in [0, 0.1) is 0 Å². The number of anilines is 1. The maximum Gasteiger partial charge on any atom is 0.173 e. The average molecular weight is 262 g/mol. The predicted octanol–water partition coefficient (Wildman–Crippen LogP) is -0.145. The van der Waals surface area contributed by atoms with E-state index in [-0.39, 0.29) is 5.84 Å². The van der Waals surface area contributed by atoms with Crippen LogP contribution in [-0.4, -0.2) is 58.4 Å². The van der Waals surface area contributed by atoms with Crippen molar-refractivity contribution in [2.24, 2.45) is 10.9 Å². The lowest BCUT2D eigenvalue weighted by atomic mass is 10.2. The second-order valence-corrected chi connectivity index (χ2v) is 5.01. The molecule has 2 heterocycles. The minimum absolute atomic E-state index is 0.0783. The molecular weight excluding hydrogens is 244 g/mol. The van der Waals surface area contributed by atoms with Crippen molar-refractivity contribution in [2.75, 3.05) is 31.1 Å². The van der Waals surface area contributed by atoms with Crippen LogP contribution in [-0.2, 0) is 0 Å². The molecule has 2 fully saturated rings. The second kappa shape index (κ2) is 5.00. The zero-order valence-corrected chi connectivity index (χ0v) is 10.7. The highest BCUT2D eigenvalue weighted by molar-refractivity contribution is 6.01. The summed E-state index contributed by atoms with van der Waals surface area (Å²) in [7, 11) is 0. The standard InChI is InChI=1S/C12H18N6O/c13-11(16-19)10-3-4-14-15-12(10)18-7-5-17(6-8-18)9-1-2-9/h3-4,9,19H,1-2,5-8H2,(H2,13,16). The van der Waals surface area contributed by atoms with Gasteiger partial charge in [-0.15, -0.1) is 5.10 Å². The molecule has 1 aromatic rings. The Morgan fingerprint density at radius 2 is 2.05 bits per heavy atom. The number of hydrogen-bond donors (Lipinski definition) is 2. The smallest absolute Gasteiger partial charge is 0.173 e. The van der Waals surface area contributed by atoms with Gasteiger partial charge in [-0.3, -0.25) is 4.90 Å². The monoisotopic (exact) mass is 262 g/mol. The number of hydrogen-bond acceptors (Lipinski definition) is 6. The Labute approximate surface area is 111 Å². The fourth-order valence-corrected chi connectivity index (χ4v) is 2.55. The Morgan fingerprint density at radius 1 is 1.32 bits per heavy atom. The van der Waals surface area contributed by atoms with E-state index >= 15 is 0 Å². The van der Waals surface area contributed by atoms with Crippen LogP contribution in [0.4, 0.5) is 5.82 Å². The first-order valence-electron chi connectivity index (χ1n) is 6.58.